The molecule has 0 saturated carbocycles. The van der Waals surface area contributed by atoms with Crippen LogP contribution in [0.1, 0.15) is 20.8 Å². The molecule has 0 aliphatic rings. The highest BCUT2D eigenvalue weighted by Gasteiger charge is 2.24. The number of hydrogen-bond donors (Lipinski definition) is 3. The lowest BCUT2D eigenvalue weighted by Crippen LogP contribution is -2.46. The average Bonchev–Trinajstić information content (AvgIpc) is 2.37. The van der Waals surface area contributed by atoms with Gasteiger partial charge in [0.25, 0.3) is 0 Å². The quantitative estimate of drug-likeness (QED) is 0.689. The summed E-state index contributed by atoms with van der Waals surface area (Å²) in [5.41, 5.74) is 5.96. The van der Waals surface area contributed by atoms with Gasteiger partial charge in [0.1, 0.15) is 5.75 Å². The number of rotatable bonds is 6. The van der Waals surface area contributed by atoms with Crippen LogP contribution in [0.5, 0.6) is 5.75 Å². The largest absolute Gasteiger partial charge is 0.494 e. The Morgan fingerprint density at radius 2 is 2.14 bits per heavy atom. The molecule has 0 saturated heterocycles. The Hall–Kier alpha value is -1.79. The van der Waals surface area contributed by atoms with E-state index in [1.54, 1.807) is 50.9 Å². The Morgan fingerprint density at radius 3 is 2.67 bits per heavy atom. The normalized spacial score (nSPS) is 13.1. The third-order valence-electron chi connectivity index (χ3n) is 3.16. The number of nitrogens with zero attached hydrogens (tertiary/aromatic N) is 1. The fourth-order valence-electron chi connectivity index (χ4n) is 2.00. The smallest absolute Gasteiger partial charge is 0.241 e. The van der Waals surface area contributed by atoms with Gasteiger partial charge in [-0.2, -0.15) is 0 Å². The van der Waals surface area contributed by atoms with Crippen LogP contribution >= 0.6 is 0 Å². The number of likely N-dealkylation sites (N-methyl/N-ethyl adjacent to an activating group) is 1. The number of anilines is 2. The molecule has 4 N–H and O–H groups in total. The van der Waals surface area contributed by atoms with E-state index in [9.17, 15) is 9.90 Å². The molecule has 6 heteroatoms. The van der Waals surface area contributed by atoms with Gasteiger partial charge in [0, 0.05) is 18.3 Å². The third-order valence-corrected chi connectivity index (χ3v) is 3.16. The molecule has 0 heterocycles. The molecule has 0 aliphatic carbocycles. The zero-order chi connectivity index (χ0) is 16.2. The first-order valence-corrected chi connectivity index (χ1v) is 6.81. The van der Waals surface area contributed by atoms with E-state index in [0.29, 0.717) is 23.7 Å². The van der Waals surface area contributed by atoms with Crippen LogP contribution < -0.4 is 15.8 Å². The lowest BCUT2D eigenvalue weighted by atomic mass is 10.1. The van der Waals surface area contributed by atoms with Gasteiger partial charge in [0.15, 0.2) is 0 Å². The second-order valence-corrected chi connectivity index (χ2v) is 5.85. The van der Waals surface area contributed by atoms with Gasteiger partial charge in [-0.25, -0.2) is 0 Å². The van der Waals surface area contributed by atoms with E-state index in [2.05, 4.69) is 5.32 Å². The number of nitrogen functional groups attached to an aromatic ring is 1. The van der Waals surface area contributed by atoms with E-state index >= 15 is 0 Å². The van der Waals surface area contributed by atoms with Crippen LogP contribution in [0.4, 0.5) is 11.4 Å². The molecule has 1 aromatic carbocycles. The molecule has 0 fully saturated rings. The predicted octanol–water partition coefficient (Wildman–Crippen LogP) is 1.31. The Morgan fingerprint density at radius 1 is 1.52 bits per heavy atom. The zero-order valence-corrected chi connectivity index (χ0v) is 13.3. The van der Waals surface area contributed by atoms with Gasteiger partial charge in [-0.15, -0.1) is 0 Å². The maximum absolute atomic E-state index is 12.3. The van der Waals surface area contributed by atoms with Gasteiger partial charge >= 0.3 is 0 Å². The highest BCUT2D eigenvalue weighted by molar-refractivity contribution is 5.96. The molecular formula is C15H25N3O3. The highest BCUT2D eigenvalue weighted by atomic mass is 16.5. The van der Waals surface area contributed by atoms with Crippen molar-refractivity contribution < 1.29 is 14.6 Å². The molecule has 0 bridgehead atoms. The summed E-state index contributed by atoms with van der Waals surface area (Å²) in [6.45, 7) is 5.58. The van der Waals surface area contributed by atoms with Gasteiger partial charge in [0.05, 0.1) is 24.4 Å². The van der Waals surface area contributed by atoms with E-state index in [4.69, 9.17) is 10.5 Å². The summed E-state index contributed by atoms with van der Waals surface area (Å²) in [6.07, 6.45) is 0. The molecule has 6 nitrogen and oxygen atoms in total. The number of benzene rings is 1. The molecule has 118 valence electrons. The first-order chi connectivity index (χ1) is 9.64. The molecule has 21 heavy (non-hydrogen) atoms. The second-order valence-electron chi connectivity index (χ2n) is 5.85. The van der Waals surface area contributed by atoms with Gasteiger partial charge in [-0.1, -0.05) is 0 Å². The zero-order valence-electron chi connectivity index (χ0n) is 13.3. The first-order valence-electron chi connectivity index (χ1n) is 6.81. The van der Waals surface area contributed by atoms with Crippen molar-refractivity contribution in [3.63, 3.8) is 0 Å². The van der Waals surface area contributed by atoms with E-state index in [1.165, 1.54) is 7.11 Å². The van der Waals surface area contributed by atoms with Crippen molar-refractivity contribution >= 4 is 17.3 Å². The number of hydrogen-bond acceptors (Lipinski definition) is 5. The van der Waals surface area contributed by atoms with Gasteiger partial charge in [-0.05, 0) is 40.0 Å². The molecule has 0 radical (unpaired) electrons. The number of nitrogens with one attached hydrogen (secondary N) is 1. The monoisotopic (exact) mass is 295 g/mol. The van der Waals surface area contributed by atoms with Crippen LogP contribution in [-0.4, -0.2) is 48.3 Å². The van der Waals surface area contributed by atoms with Crippen LogP contribution in [0.15, 0.2) is 18.2 Å². The maximum atomic E-state index is 12.3. The molecule has 1 aromatic rings. The number of aliphatic hydroxyl groups is 1. The minimum Gasteiger partial charge on any atom is -0.494 e. The maximum Gasteiger partial charge on any atom is 0.241 e. The summed E-state index contributed by atoms with van der Waals surface area (Å²) < 4.78 is 5.20. The Labute approximate surface area is 125 Å². The Bertz CT molecular complexity index is 497. The van der Waals surface area contributed by atoms with Gasteiger partial charge in [0.2, 0.25) is 5.91 Å². The number of carbonyl (C=O) groups excluding carboxylic acids is 1. The average molecular weight is 295 g/mol. The van der Waals surface area contributed by atoms with E-state index in [0.717, 1.165) is 0 Å². The highest BCUT2D eigenvalue weighted by Crippen LogP contribution is 2.26. The molecule has 0 aliphatic heterocycles. The number of amides is 1. The number of nitrogens with two attached hydrogens (primary N) is 1. The van der Waals surface area contributed by atoms with Crippen LogP contribution in [0.3, 0.4) is 0 Å². The lowest BCUT2D eigenvalue weighted by molar-refractivity contribution is -0.121. The molecular weight excluding hydrogens is 270 g/mol. The molecule has 0 aromatic heterocycles. The number of methoxy groups -OCH3 is 1. The number of ether oxygens (including phenoxy) is 1. The van der Waals surface area contributed by atoms with Crippen molar-refractivity contribution in [3.05, 3.63) is 18.2 Å². The summed E-state index contributed by atoms with van der Waals surface area (Å²) in [4.78, 5) is 14.1. The Kier molecular flexibility index (Phi) is 5.57. The summed E-state index contributed by atoms with van der Waals surface area (Å²) >= 11 is 0. The molecule has 1 rings (SSSR count). The number of carbonyl (C=O) groups is 1. The summed E-state index contributed by atoms with van der Waals surface area (Å²) in [5.74, 6) is 0.338. The molecule has 1 atom stereocenters. The van der Waals surface area contributed by atoms with Crippen molar-refractivity contribution in [1.29, 1.82) is 0 Å². The van der Waals surface area contributed by atoms with E-state index in [-0.39, 0.29) is 5.91 Å². The van der Waals surface area contributed by atoms with Crippen molar-refractivity contribution in [2.45, 2.75) is 32.4 Å². The predicted molar refractivity (Wildman–Crippen MR) is 84.4 cm³/mol. The van der Waals surface area contributed by atoms with Crippen LogP contribution in [0.2, 0.25) is 0 Å². The standard InChI is InChI=1S/C15H25N3O3/c1-10(18(4)9-15(2,3)20)14(19)17-12-7-6-11(16)8-13(12)21-5/h6-8,10,20H,9,16H2,1-5H3,(H,17,19). The minimum atomic E-state index is -0.859. The fraction of sp³-hybridized carbons (Fsp3) is 0.533. The van der Waals surface area contributed by atoms with Crippen molar-refractivity contribution in [2.75, 3.05) is 31.8 Å². The van der Waals surface area contributed by atoms with Gasteiger partial charge in [-0.3, -0.25) is 9.69 Å². The van der Waals surface area contributed by atoms with E-state index < -0.39 is 11.6 Å². The van der Waals surface area contributed by atoms with Crippen molar-refractivity contribution in [3.8, 4) is 5.75 Å². The van der Waals surface area contributed by atoms with Crippen LogP contribution in [0, 0.1) is 0 Å². The topological polar surface area (TPSA) is 87.8 Å². The lowest BCUT2D eigenvalue weighted by Gasteiger charge is -2.29. The minimum absolute atomic E-state index is 0.176. The summed E-state index contributed by atoms with van der Waals surface area (Å²) in [6, 6.07) is 4.66. The first kappa shape index (κ1) is 17.3. The molecule has 0 spiro atoms. The van der Waals surface area contributed by atoms with Gasteiger partial charge < -0.3 is 20.9 Å². The molecule has 1 unspecified atom stereocenters. The third kappa shape index (κ3) is 5.24. The second kappa shape index (κ2) is 6.78. The summed E-state index contributed by atoms with van der Waals surface area (Å²) in [7, 11) is 3.32. The summed E-state index contributed by atoms with van der Waals surface area (Å²) in [5, 5.41) is 12.6. The van der Waals surface area contributed by atoms with E-state index in [1.807, 2.05) is 0 Å². The van der Waals surface area contributed by atoms with Crippen molar-refractivity contribution in [2.24, 2.45) is 0 Å². The fourth-order valence-corrected chi connectivity index (χ4v) is 2.00. The SMILES string of the molecule is COc1cc(N)ccc1NC(=O)C(C)N(C)CC(C)(C)O. The van der Waals surface area contributed by atoms with Crippen LogP contribution in [-0.2, 0) is 4.79 Å². The Balaban J connectivity index is 2.77. The van der Waals surface area contributed by atoms with Crippen molar-refractivity contribution in [1.82, 2.24) is 4.90 Å². The molecule has 1 amide bonds. The van der Waals surface area contributed by atoms with Crippen LogP contribution in [0.25, 0.3) is 0 Å².